The van der Waals surface area contributed by atoms with Crippen LogP contribution in [0.1, 0.15) is 29.4 Å². The Morgan fingerprint density at radius 2 is 2.04 bits per heavy atom. The van der Waals surface area contributed by atoms with Gasteiger partial charge in [-0.15, -0.1) is 23.7 Å². The maximum atomic E-state index is 12.9. The van der Waals surface area contributed by atoms with Gasteiger partial charge in [-0.1, -0.05) is 30.3 Å². The second kappa shape index (κ2) is 7.95. The molecule has 0 saturated carbocycles. The number of hydrogen-bond donors (Lipinski definition) is 1. The van der Waals surface area contributed by atoms with Gasteiger partial charge in [0.05, 0.1) is 4.88 Å². The highest BCUT2D eigenvalue weighted by molar-refractivity contribution is 7.12. The molecule has 3 nitrogen and oxygen atoms in total. The molecule has 2 N–H and O–H groups in total. The van der Waals surface area contributed by atoms with E-state index in [0.29, 0.717) is 5.92 Å². The SMILES string of the molecule is CC(N)C1CCCN(C(=O)c2sccc2-c2ccccc2)C1.Cl. The summed E-state index contributed by atoms with van der Waals surface area (Å²) in [6.07, 6.45) is 2.17. The zero-order valence-electron chi connectivity index (χ0n) is 13.3. The van der Waals surface area contributed by atoms with Crippen molar-refractivity contribution in [3.63, 3.8) is 0 Å². The lowest BCUT2D eigenvalue weighted by Gasteiger charge is -2.34. The normalized spacial score (nSPS) is 19.0. The summed E-state index contributed by atoms with van der Waals surface area (Å²) in [5.74, 6) is 0.567. The molecule has 3 rings (SSSR count). The Labute approximate surface area is 147 Å². The van der Waals surface area contributed by atoms with E-state index in [1.54, 1.807) is 0 Å². The van der Waals surface area contributed by atoms with Crippen LogP contribution in [0, 0.1) is 5.92 Å². The van der Waals surface area contributed by atoms with E-state index in [-0.39, 0.29) is 24.4 Å². The number of benzene rings is 1. The van der Waals surface area contributed by atoms with Gasteiger partial charge in [-0.3, -0.25) is 4.79 Å². The molecular weight excluding hydrogens is 328 g/mol. The monoisotopic (exact) mass is 350 g/mol. The van der Waals surface area contributed by atoms with E-state index in [0.717, 1.165) is 41.9 Å². The molecule has 2 unspecified atom stereocenters. The van der Waals surface area contributed by atoms with Crippen LogP contribution < -0.4 is 5.73 Å². The van der Waals surface area contributed by atoms with E-state index in [1.165, 1.54) is 11.3 Å². The van der Waals surface area contributed by atoms with E-state index >= 15 is 0 Å². The van der Waals surface area contributed by atoms with E-state index in [1.807, 2.05) is 41.5 Å². The molecule has 1 aromatic heterocycles. The van der Waals surface area contributed by atoms with Crippen molar-refractivity contribution in [3.8, 4) is 11.1 Å². The van der Waals surface area contributed by atoms with Gasteiger partial charge >= 0.3 is 0 Å². The Kier molecular flexibility index (Phi) is 6.22. The van der Waals surface area contributed by atoms with E-state index in [2.05, 4.69) is 12.1 Å². The first-order chi connectivity index (χ1) is 10.7. The van der Waals surface area contributed by atoms with Crippen molar-refractivity contribution in [2.75, 3.05) is 13.1 Å². The molecule has 0 bridgehead atoms. The lowest BCUT2D eigenvalue weighted by Crippen LogP contribution is -2.44. The topological polar surface area (TPSA) is 46.3 Å². The summed E-state index contributed by atoms with van der Waals surface area (Å²) >= 11 is 1.53. The molecule has 1 aliphatic heterocycles. The van der Waals surface area contributed by atoms with Gasteiger partial charge in [-0.05, 0) is 42.7 Å². The molecule has 0 aliphatic carbocycles. The minimum absolute atomic E-state index is 0. The van der Waals surface area contributed by atoms with Crippen molar-refractivity contribution in [1.29, 1.82) is 0 Å². The average Bonchev–Trinajstić information content (AvgIpc) is 3.04. The highest BCUT2D eigenvalue weighted by Gasteiger charge is 2.28. The second-order valence-corrected chi connectivity index (χ2v) is 6.96. The number of likely N-dealkylation sites (tertiary alicyclic amines) is 1. The Morgan fingerprint density at radius 3 is 2.74 bits per heavy atom. The number of hydrogen-bond acceptors (Lipinski definition) is 3. The van der Waals surface area contributed by atoms with Crippen LogP contribution in [0.3, 0.4) is 0 Å². The lowest BCUT2D eigenvalue weighted by atomic mass is 9.92. The van der Waals surface area contributed by atoms with Crippen LogP contribution in [0.15, 0.2) is 41.8 Å². The predicted molar refractivity (Wildman–Crippen MR) is 99.3 cm³/mol. The minimum atomic E-state index is 0. The Bertz CT molecular complexity index is 641. The van der Waals surface area contributed by atoms with Gasteiger partial charge in [0.15, 0.2) is 0 Å². The zero-order valence-corrected chi connectivity index (χ0v) is 14.9. The first-order valence-electron chi connectivity index (χ1n) is 7.84. The van der Waals surface area contributed by atoms with Gasteiger partial charge in [0.1, 0.15) is 0 Å². The Hall–Kier alpha value is -1.36. The third-order valence-electron chi connectivity index (χ3n) is 4.43. The summed E-state index contributed by atoms with van der Waals surface area (Å²) in [5.41, 5.74) is 8.18. The summed E-state index contributed by atoms with van der Waals surface area (Å²) in [7, 11) is 0. The molecule has 2 aromatic rings. The molecule has 23 heavy (non-hydrogen) atoms. The molecule has 1 fully saturated rings. The first-order valence-corrected chi connectivity index (χ1v) is 8.72. The Morgan fingerprint density at radius 1 is 1.30 bits per heavy atom. The lowest BCUT2D eigenvalue weighted by molar-refractivity contribution is 0.0666. The van der Waals surface area contributed by atoms with Crippen molar-refractivity contribution in [1.82, 2.24) is 4.90 Å². The molecule has 5 heteroatoms. The molecule has 0 radical (unpaired) electrons. The number of thiophene rings is 1. The summed E-state index contributed by atoms with van der Waals surface area (Å²) < 4.78 is 0. The standard InChI is InChI=1S/C18H22N2OS.ClH/c1-13(19)15-8-5-10-20(12-15)18(21)17-16(9-11-22-17)14-6-3-2-4-7-14;/h2-4,6-7,9,11,13,15H,5,8,10,12,19H2,1H3;1H. The third kappa shape index (κ3) is 3.94. The van der Waals surface area contributed by atoms with Crippen molar-refractivity contribution in [3.05, 3.63) is 46.7 Å². The number of piperidine rings is 1. The van der Waals surface area contributed by atoms with Crippen molar-refractivity contribution in [2.45, 2.75) is 25.8 Å². The van der Waals surface area contributed by atoms with Crippen LogP contribution in [0.2, 0.25) is 0 Å². The van der Waals surface area contributed by atoms with Gasteiger partial charge in [0.25, 0.3) is 5.91 Å². The number of rotatable bonds is 3. The predicted octanol–water partition coefficient (Wildman–Crippen LogP) is 4.04. The minimum Gasteiger partial charge on any atom is -0.338 e. The summed E-state index contributed by atoms with van der Waals surface area (Å²) in [5, 5.41) is 2.00. The van der Waals surface area contributed by atoms with Crippen LogP contribution in [0.25, 0.3) is 11.1 Å². The van der Waals surface area contributed by atoms with Gasteiger partial charge in [-0.25, -0.2) is 0 Å². The third-order valence-corrected chi connectivity index (χ3v) is 5.34. The summed E-state index contributed by atoms with van der Waals surface area (Å²) in [6, 6.07) is 12.3. The van der Waals surface area contributed by atoms with Crippen LogP contribution in [-0.4, -0.2) is 29.9 Å². The van der Waals surface area contributed by atoms with Crippen molar-refractivity contribution >= 4 is 29.7 Å². The highest BCUT2D eigenvalue weighted by Crippen LogP contribution is 2.30. The molecule has 124 valence electrons. The van der Waals surface area contributed by atoms with Gasteiger partial charge in [0, 0.05) is 24.7 Å². The second-order valence-electron chi connectivity index (χ2n) is 6.04. The largest absolute Gasteiger partial charge is 0.338 e. The van der Waals surface area contributed by atoms with Gasteiger partial charge in [0.2, 0.25) is 0 Å². The van der Waals surface area contributed by atoms with Crippen molar-refractivity contribution < 1.29 is 4.79 Å². The molecule has 1 aromatic carbocycles. The van der Waals surface area contributed by atoms with Crippen LogP contribution >= 0.6 is 23.7 Å². The number of amides is 1. The zero-order chi connectivity index (χ0) is 15.5. The number of halogens is 1. The van der Waals surface area contributed by atoms with E-state index < -0.39 is 0 Å². The maximum Gasteiger partial charge on any atom is 0.264 e. The number of nitrogens with two attached hydrogens (primary N) is 1. The van der Waals surface area contributed by atoms with E-state index in [4.69, 9.17) is 5.73 Å². The quantitative estimate of drug-likeness (QED) is 0.908. The molecule has 0 spiro atoms. The number of carbonyl (C=O) groups is 1. The van der Waals surface area contributed by atoms with Gasteiger partial charge in [-0.2, -0.15) is 0 Å². The molecule has 1 amide bonds. The molecule has 1 saturated heterocycles. The fourth-order valence-electron chi connectivity index (χ4n) is 3.09. The van der Waals surface area contributed by atoms with Crippen LogP contribution in [0.5, 0.6) is 0 Å². The highest BCUT2D eigenvalue weighted by atomic mass is 35.5. The number of carbonyl (C=O) groups excluding carboxylic acids is 1. The average molecular weight is 351 g/mol. The summed E-state index contributed by atoms with van der Waals surface area (Å²) in [4.78, 5) is 15.7. The maximum absolute atomic E-state index is 12.9. The Balaban J connectivity index is 0.00000192. The fraction of sp³-hybridized carbons (Fsp3) is 0.389. The fourth-order valence-corrected chi connectivity index (χ4v) is 3.97. The van der Waals surface area contributed by atoms with Crippen LogP contribution in [0.4, 0.5) is 0 Å². The van der Waals surface area contributed by atoms with E-state index in [9.17, 15) is 4.79 Å². The van der Waals surface area contributed by atoms with Crippen molar-refractivity contribution in [2.24, 2.45) is 11.7 Å². The molecule has 2 heterocycles. The summed E-state index contributed by atoms with van der Waals surface area (Å²) in [6.45, 7) is 3.66. The molecular formula is C18H23ClN2OS. The molecule has 2 atom stereocenters. The smallest absolute Gasteiger partial charge is 0.264 e. The van der Waals surface area contributed by atoms with Crippen LogP contribution in [-0.2, 0) is 0 Å². The first kappa shape index (κ1) is 18.0. The molecule has 1 aliphatic rings. The van der Waals surface area contributed by atoms with Gasteiger partial charge < -0.3 is 10.6 Å². The number of nitrogens with zero attached hydrogens (tertiary/aromatic N) is 1.